The van der Waals surface area contributed by atoms with E-state index in [4.69, 9.17) is 11.6 Å². The molecule has 1 aromatic carbocycles. The molecule has 178 valence electrons. The van der Waals surface area contributed by atoms with E-state index >= 15 is 0 Å². The number of nitrogens with zero attached hydrogens (tertiary/aromatic N) is 3. The number of aromatic amines is 1. The molecule has 0 radical (unpaired) electrons. The van der Waals surface area contributed by atoms with Gasteiger partial charge < -0.3 is 9.88 Å². The van der Waals surface area contributed by atoms with Crippen LogP contribution in [0.4, 0.5) is 5.69 Å². The number of carbonyl (C=O) groups excluding carboxylic acids is 1. The molecule has 1 amide bonds. The van der Waals surface area contributed by atoms with E-state index in [0.29, 0.717) is 47.2 Å². The number of nitrogens with one attached hydrogen (secondary N) is 2. The first-order valence-electron chi connectivity index (χ1n) is 11.6. The molecular weight excluding hydrogens is 442 g/mol. The van der Waals surface area contributed by atoms with Gasteiger partial charge in [-0.05, 0) is 37.5 Å². The first-order valence-corrected chi connectivity index (χ1v) is 12.0. The van der Waals surface area contributed by atoms with Gasteiger partial charge in [-0.3, -0.25) is 19.1 Å². The third-order valence-electron chi connectivity index (χ3n) is 5.66. The van der Waals surface area contributed by atoms with Gasteiger partial charge in [-0.15, -0.1) is 0 Å². The zero-order valence-electron chi connectivity index (χ0n) is 19.5. The lowest BCUT2D eigenvalue weighted by atomic mass is 10.2. The van der Waals surface area contributed by atoms with Crippen LogP contribution in [0.15, 0.2) is 27.8 Å². The molecule has 3 aromatic rings. The predicted molar refractivity (Wildman–Crippen MR) is 132 cm³/mol. The molecule has 0 saturated heterocycles. The number of amides is 1. The van der Waals surface area contributed by atoms with Gasteiger partial charge in [0.15, 0.2) is 11.2 Å². The zero-order valence-corrected chi connectivity index (χ0v) is 20.3. The minimum absolute atomic E-state index is 0.179. The fourth-order valence-corrected chi connectivity index (χ4v) is 4.13. The van der Waals surface area contributed by atoms with Gasteiger partial charge in [0.1, 0.15) is 5.82 Å². The topological polar surface area (TPSA) is 102 Å². The fraction of sp³-hybridized carbons (Fsp3) is 0.500. The molecule has 0 spiro atoms. The van der Waals surface area contributed by atoms with Crippen LogP contribution in [-0.2, 0) is 24.3 Å². The van der Waals surface area contributed by atoms with Gasteiger partial charge in [-0.2, -0.15) is 0 Å². The van der Waals surface area contributed by atoms with Crippen molar-refractivity contribution in [3.05, 3.63) is 55.4 Å². The number of halogens is 1. The fourth-order valence-electron chi connectivity index (χ4n) is 3.85. The van der Waals surface area contributed by atoms with Crippen LogP contribution in [0.3, 0.4) is 0 Å². The van der Waals surface area contributed by atoms with E-state index in [9.17, 15) is 14.4 Å². The Kier molecular flexibility index (Phi) is 8.49. The average Bonchev–Trinajstić information content (AvgIpc) is 3.13. The van der Waals surface area contributed by atoms with Crippen LogP contribution >= 0.6 is 11.6 Å². The van der Waals surface area contributed by atoms with Gasteiger partial charge >= 0.3 is 5.69 Å². The second-order valence-corrected chi connectivity index (χ2v) is 8.76. The molecule has 0 aliphatic rings. The standard InChI is InChI=1S/C24H32ClN5O3/c1-4-6-8-14-29-19(11-12-20(31)26-18-10-9-16(3)15-17(18)25)27-22-21(29)23(32)28-24(33)30(22)13-7-5-2/h9-10,15H,4-8,11-14H2,1-3H3,(H,26,31)(H,28,32,33). The number of carbonyl (C=O) groups is 1. The summed E-state index contributed by atoms with van der Waals surface area (Å²) in [5, 5.41) is 3.33. The van der Waals surface area contributed by atoms with E-state index in [2.05, 4.69) is 22.2 Å². The molecule has 0 atom stereocenters. The van der Waals surface area contributed by atoms with Crippen molar-refractivity contribution in [1.29, 1.82) is 0 Å². The average molecular weight is 474 g/mol. The highest BCUT2D eigenvalue weighted by Crippen LogP contribution is 2.23. The van der Waals surface area contributed by atoms with Gasteiger partial charge in [0.25, 0.3) is 5.56 Å². The number of imidazole rings is 1. The van der Waals surface area contributed by atoms with Crippen molar-refractivity contribution in [2.45, 2.75) is 78.8 Å². The summed E-state index contributed by atoms with van der Waals surface area (Å²) in [7, 11) is 0. The molecular formula is C24H32ClN5O3. The van der Waals surface area contributed by atoms with Crippen molar-refractivity contribution in [2.24, 2.45) is 0 Å². The number of hydrogen-bond acceptors (Lipinski definition) is 4. The number of benzene rings is 1. The summed E-state index contributed by atoms with van der Waals surface area (Å²) in [6.07, 6.45) is 5.18. The van der Waals surface area contributed by atoms with E-state index in [1.54, 1.807) is 12.1 Å². The van der Waals surface area contributed by atoms with E-state index in [0.717, 1.165) is 37.7 Å². The third kappa shape index (κ3) is 5.93. The summed E-state index contributed by atoms with van der Waals surface area (Å²) >= 11 is 6.23. The summed E-state index contributed by atoms with van der Waals surface area (Å²) in [6.45, 7) is 7.19. The molecule has 8 nitrogen and oxygen atoms in total. The summed E-state index contributed by atoms with van der Waals surface area (Å²) in [6, 6.07) is 5.46. The lowest BCUT2D eigenvalue weighted by Crippen LogP contribution is -2.31. The number of rotatable bonds is 11. The normalized spacial score (nSPS) is 11.3. The van der Waals surface area contributed by atoms with Crippen molar-refractivity contribution in [3.8, 4) is 0 Å². The van der Waals surface area contributed by atoms with E-state index < -0.39 is 11.2 Å². The Bertz CT molecular complexity index is 1240. The van der Waals surface area contributed by atoms with Gasteiger partial charge in [0.2, 0.25) is 5.91 Å². The van der Waals surface area contributed by atoms with Crippen LogP contribution in [0, 0.1) is 6.92 Å². The smallest absolute Gasteiger partial charge is 0.325 e. The van der Waals surface area contributed by atoms with Gasteiger partial charge in [0, 0.05) is 25.9 Å². The maximum atomic E-state index is 12.7. The van der Waals surface area contributed by atoms with Crippen molar-refractivity contribution in [2.75, 3.05) is 5.32 Å². The predicted octanol–water partition coefficient (Wildman–Crippen LogP) is 4.41. The van der Waals surface area contributed by atoms with E-state index in [1.165, 1.54) is 4.57 Å². The lowest BCUT2D eigenvalue weighted by molar-refractivity contribution is -0.116. The summed E-state index contributed by atoms with van der Waals surface area (Å²) < 4.78 is 3.41. The van der Waals surface area contributed by atoms with Crippen LogP contribution < -0.4 is 16.6 Å². The number of hydrogen-bond donors (Lipinski definition) is 2. The Labute approximate surface area is 198 Å². The molecule has 9 heteroatoms. The summed E-state index contributed by atoms with van der Waals surface area (Å²) in [4.78, 5) is 44.9. The number of H-pyrrole nitrogens is 1. The molecule has 2 aromatic heterocycles. The maximum Gasteiger partial charge on any atom is 0.330 e. The first kappa shape index (κ1) is 24.8. The van der Waals surface area contributed by atoms with Crippen LogP contribution in [-0.4, -0.2) is 25.0 Å². The quantitative estimate of drug-likeness (QED) is 0.402. The van der Waals surface area contributed by atoms with Crippen molar-refractivity contribution in [1.82, 2.24) is 19.1 Å². The lowest BCUT2D eigenvalue weighted by Gasteiger charge is -2.10. The minimum Gasteiger partial charge on any atom is -0.325 e. The Balaban J connectivity index is 1.90. The molecule has 3 rings (SSSR count). The molecule has 2 N–H and O–H groups in total. The van der Waals surface area contributed by atoms with Gasteiger partial charge in [-0.25, -0.2) is 9.78 Å². The Morgan fingerprint density at radius 2 is 1.82 bits per heavy atom. The molecule has 0 saturated carbocycles. The molecule has 0 fully saturated rings. The van der Waals surface area contributed by atoms with Crippen LogP contribution in [0.2, 0.25) is 5.02 Å². The first-order chi connectivity index (χ1) is 15.8. The molecule has 0 unspecified atom stereocenters. The van der Waals surface area contributed by atoms with Gasteiger partial charge in [-0.1, -0.05) is 50.8 Å². The Morgan fingerprint density at radius 1 is 1.09 bits per heavy atom. The van der Waals surface area contributed by atoms with Crippen molar-refractivity contribution < 1.29 is 4.79 Å². The Hall–Kier alpha value is -2.87. The zero-order chi connectivity index (χ0) is 24.0. The Morgan fingerprint density at radius 3 is 2.52 bits per heavy atom. The van der Waals surface area contributed by atoms with Crippen molar-refractivity contribution >= 4 is 34.4 Å². The maximum absolute atomic E-state index is 12.7. The van der Waals surface area contributed by atoms with Crippen LogP contribution in [0.25, 0.3) is 11.2 Å². The second kappa shape index (κ2) is 11.3. The number of aryl methyl sites for hydroxylation is 4. The highest BCUT2D eigenvalue weighted by molar-refractivity contribution is 6.33. The molecule has 2 heterocycles. The SMILES string of the molecule is CCCCCn1c(CCC(=O)Nc2ccc(C)cc2Cl)nc2c1c(=O)[nH]c(=O)n2CCCC. The number of anilines is 1. The van der Waals surface area contributed by atoms with Crippen LogP contribution in [0.1, 0.15) is 63.8 Å². The summed E-state index contributed by atoms with van der Waals surface area (Å²) in [5.74, 6) is 0.442. The van der Waals surface area contributed by atoms with E-state index in [-0.39, 0.29) is 12.3 Å². The molecule has 0 aliphatic carbocycles. The highest BCUT2D eigenvalue weighted by atomic mass is 35.5. The van der Waals surface area contributed by atoms with Crippen LogP contribution in [0.5, 0.6) is 0 Å². The minimum atomic E-state index is -0.447. The van der Waals surface area contributed by atoms with Gasteiger partial charge in [0.05, 0.1) is 10.7 Å². The summed E-state index contributed by atoms with van der Waals surface area (Å²) in [5.41, 5.74) is 1.49. The number of fused-ring (bicyclic) bond motifs is 1. The molecule has 33 heavy (non-hydrogen) atoms. The second-order valence-electron chi connectivity index (χ2n) is 8.35. The number of unbranched alkanes of at least 4 members (excludes halogenated alkanes) is 3. The number of aromatic nitrogens is 4. The van der Waals surface area contributed by atoms with E-state index in [1.807, 2.05) is 24.5 Å². The third-order valence-corrected chi connectivity index (χ3v) is 5.97. The highest BCUT2D eigenvalue weighted by Gasteiger charge is 2.19. The van der Waals surface area contributed by atoms with Crippen molar-refractivity contribution in [3.63, 3.8) is 0 Å². The molecule has 0 bridgehead atoms. The largest absolute Gasteiger partial charge is 0.330 e. The molecule has 0 aliphatic heterocycles. The monoisotopic (exact) mass is 473 g/mol.